The number of hydrogen-bond donors (Lipinski definition) is 4. The van der Waals surface area contributed by atoms with Gasteiger partial charge in [0.1, 0.15) is 23.7 Å². The van der Waals surface area contributed by atoms with Crippen molar-refractivity contribution >= 4 is 44.5 Å². The summed E-state index contributed by atoms with van der Waals surface area (Å²) in [6.45, 7) is 1.76. The molecule has 3 aromatic carbocycles. The number of rotatable bonds is 8. The molecule has 4 aromatic rings. The van der Waals surface area contributed by atoms with E-state index in [1.165, 1.54) is 0 Å². The Labute approximate surface area is 315 Å². The van der Waals surface area contributed by atoms with Gasteiger partial charge in [0.15, 0.2) is 0 Å². The number of carbonyl (C=O) groups is 3. The summed E-state index contributed by atoms with van der Waals surface area (Å²) in [7, 11) is -3.92. The molecule has 2 aliphatic carbocycles. The molecule has 54 heavy (non-hydrogen) atoms. The van der Waals surface area contributed by atoms with Crippen LogP contribution in [0.5, 0.6) is 6.01 Å². The molecule has 3 heterocycles. The van der Waals surface area contributed by atoms with Crippen molar-refractivity contribution in [1.29, 1.82) is 0 Å². The molecular weight excluding hydrogens is 705 g/mol. The fourth-order valence-corrected chi connectivity index (χ4v) is 9.40. The van der Waals surface area contributed by atoms with Gasteiger partial charge in [0, 0.05) is 12.1 Å². The topological polar surface area (TPSA) is 163 Å². The second-order valence-corrected chi connectivity index (χ2v) is 18.0. The predicted molar refractivity (Wildman–Crippen MR) is 206 cm³/mol. The van der Waals surface area contributed by atoms with Gasteiger partial charge >= 0.3 is 0 Å². The molecule has 12 nitrogen and oxygen atoms in total. The lowest BCUT2D eigenvalue weighted by Gasteiger charge is -2.30. The lowest BCUT2D eigenvalue weighted by molar-refractivity contribution is -0.140. The number of aromatic nitrogens is 2. The van der Waals surface area contributed by atoms with E-state index in [1.807, 2.05) is 66.7 Å². The van der Waals surface area contributed by atoms with Gasteiger partial charge in [0.05, 0.1) is 22.3 Å². The first kappa shape index (κ1) is 36.1. The molecule has 2 aliphatic heterocycles. The zero-order valence-corrected chi connectivity index (χ0v) is 31.4. The largest absolute Gasteiger partial charge is 0.459 e. The molecule has 2 saturated carbocycles. The van der Waals surface area contributed by atoms with Crippen molar-refractivity contribution in [3.8, 4) is 17.1 Å². The van der Waals surface area contributed by atoms with Crippen molar-refractivity contribution in [2.75, 3.05) is 11.9 Å². The predicted octanol–water partition coefficient (Wildman–Crippen LogP) is 5.68. The van der Waals surface area contributed by atoms with Gasteiger partial charge in [-0.3, -0.25) is 19.1 Å². The number of nitrogens with zero attached hydrogens (tertiary/aromatic N) is 2. The first-order valence-corrected chi connectivity index (χ1v) is 20.7. The van der Waals surface area contributed by atoms with Gasteiger partial charge < -0.3 is 25.3 Å². The van der Waals surface area contributed by atoms with Crippen LogP contribution in [0.15, 0.2) is 78.9 Å². The molecule has 4 N–H and O–H groups in total. The molecule has 0 unspecified atom stereocenters. The number of carbonyl (C=O) groups excluding carboxylic acids is 3. The van der Waals surface area contributed by atoms with Crippen LogP contribution >= 0.6 is 0 Å². The minimum absolute atomic E-state index is 0.133. The van der Waals surface area contributed by atoms with Crippen molar-refractivity contribution in [3.05, 3.63) is 78.9 Å². The maximum absolute atomic E-state index is 14.7. The van der Waals surface area contributed by atoms with Crippen LogP contribution in [0.1, 0.15) is 77.6 Å². The number of H-pyrrole nitrogens is 1. The van der Waals surface area contributed by atoms with E-state index in [1.54, 1.807) is 11.8 Å². The van der Waals surface area contributed by atoms with E-state index in [-0.39, 0.29) is 24.8 Å². The van der Waals surface area contributed by atoms with Crippen LogP contribution < -0.4 is 20.1 Å². The fraction of sp³-hybridized carbons (Fsp3) is 0.463. The van der Waals surface area contributed by atoms with E-state index >= 15 is 0 Å². The van der Waals surface area contributed by atoms with Gasteiger partial charge in [-0.2, -0.15) is 4.98 Å². The fourth-order valence-electron chi connectivity index (χ4n) is 8.09. The zero-order valence-electron chi connectivity index (χ0n) is 30.6. The molecule has 8 rings (SSSR count). The van der Waals surface area contributed by atoms with Crippen molar-refractivity contribution in [2.24, 2.45) is 5.92 Å². The molecule has 0 radical (unpaired) electrons. The summed E-state index contributed by atoms with van der Waals surface area (Å²) >= 11 is 0. The quantitative estimate of drug-likeness (QED) is 0.179. The van der Waals surface area contributed by atoms with E-state index in [2.05, 4.69) is 37.5 Å². The molecule has 0 spiro atoms. The van der Waals surface area contributed by atoms with Crippen LogP contribution in [0.4, 0.5) is 5.69 Å². The van der Waals surface area contributed by atoms with E-state index < -0.39 is 50.3 Å². The highest BCUT2D eigenvalue weighted by Crippen LogP contribution is 2.49. The van der Waals surface area contributed by atoms with E-state index in [9.17, 15) is 22.8 Å². The summed E-state index contributed by atoms with van der Waals surface area (Å²) in [6.07, 6.45) is 6.72. The van der Waals surface area contributed by atoms with Gasteiger partial charge in [0.25, 0.3) is 11.9 Å². The Balaban J connectivity index is 1.07. The SMILES string of the molecule is CC1(S(=O)(=O)NC(=O)[C@@]23C[C@H]2CCCCCCC[C@H](Nc2ccc(-c4ccccc4)cc2)C(=O)N2C[C@H](Oc4nc5ccccc5[nH]4)C[C@H]2C(=O)N3)CC1. The van der Waals surface area contributed by atoms with Crippen LogP contribution in [0, 0.1) is 5.92 Å². The molecule has 284 valence electrons. The Bertz CT molecular complexity index is 2100. The average Bonchev–Trinajstić information content (AvgIpc) is 3.98. The Kier molecular flexibility index (Phi) is 9.61. The number of fused-ring (bicyclic) bond motifs is 3. The second kappa shape index (κ2) is 14.4. The first-order valence-electron chi connectivity index (χ1n) is 19.3. The maximum atomic E-state index is 14.7. The molecule has 5 atom stereocenters. The standard InChI is InChI=1S/C41H48N6O6S/c1-40(22-23-40)54(51,52)46-38(50)41-25-29(41)14-8-3-2-4-9-17-34(42-30-20-18-28(19-21-30)27-12-6-5-7-13-27)37(49)47-26-31(24-35(47)36(48)45-41)53-39-43-32-15-10-11-16-33(32)44-39/h5-7,10-13,15-16,18-21,29,31,34-35,42H,2-4,8-9,14,17,22-26H2,1H3,(H,43,44)(H,45,48)(H,46,50)/t29-,31-,34+,35+,41-/m1/s1. The molecule has 1 aromatic heterocycles. The maximum Gasteiger partial charge on any atom is 0.294 e. The molecule has 3 amide bonds. The van der Waals surface area contributed by atoms with Gasteiger partial charge in [-0.05, 0) is 80.3 Å². The molecule has 0 bridgehead atoms. The van der Waals surface area contributed by atoms with Crippen LogP contribution in [-0.2, 0) is 24.4 Å². The number of aromatic amines is 1. The molecular formula is C41H48N6O6S. The van der Waals surface area contributed by atoms with Gasteiger partial charge in [0.2, 0.25) is 21.8 Å². The third kappa shape index (κ3) is 7.30. The number of hydrogen-bond acceptors (Lipinski definition) is 8. The second-order valence-electron chi connectivity index (χ2n) is 15.8. The summed E-state index contributed by atoms with van der Waals surface area (Å²) < 4.78 is 34.0. The van der Waals surface area contributed by atoms with Crippen molar-refractivity contribution < 1.29 is 27.5 Å². The number of para-hydroxylation sites is 2. The minimum Gasteiger partial charge on any atom is -0.459 e. The summed E-state index contributed by atoms with van der Waals surface area (Å²) in [5.41, 5.74) is 3.13. The number of benzene rings is 3. The van der Waals surface area contributed by atoms with E-state index in [0.717, 1.165) is 60.0 Å². The van der Waals surface area contributed by atoms with Crippen molar-refractivity contribution in [2.45, 2.75) is 106 Å². The number of anilines is 1. The third-order valence-corrected chi connectivity index (χ3v) is 14.0. The molecule has 4 aliphatic rings. The smallest absolute Gasteiger partial charge is 0.294 e. The molecule has 2 saturated heterocycles. The Morgan fingerprint density at radius 3 is 2.31 bits per heavy atom. The third-order valence-electron chi connectivity index (χ3n) is 11.9. The first-order chi connectivity index (χ1) is 26.0. The highest BCUT2D eigenvalue weighted by Gasteiger charge is 2.63. The summed E-state index contributed by atoms with van der Waals surface area (Å²) in [6, 6.07) is 24.4. The number of nitrogens with one attached hydrogen (secondary N) is 4. The summed E-state index contributed by atoms with van der Waals surface area (Å²) in [4.78, 5) is 52.3. The van der Waals surface area contributed by atoms with Crippen LogP contribution in [0.3, 0.4) is 0 Å². The highest BCUT2D eigenvalue weighted by atomic mass is 32.2. The minimum atomic E-state index is -3.92. The van der Waals surface area contributed by atoms with Crippen molar-refractivity contribution in [3.63, 3.8) is 0 Å². The number of sulfonamides is 1. The van der Waals surface area contributed by atoms with Gasteiger partial charge in [-0.25, -0.2) is 8.42 Å². The number of amides is 3. The Morgan fingerprint density at radius 2 is 1.57 bits per heavy atom. The normalized spacial score (nSPS) is 27.1. The molecule has 13 heteroatoms. The van der Waals surface area contributed by atoms with Crippen LogP contribution in [0.2, 0.25) is 0 Å². The van der Waals surface area contributed by atoms with Crippen LogP contribution in [-0.4, -0.2) is 76.0 Å². The van der Waals surface area contributed by atoms with E-state index in [0.29, 0.717) is 38.1 Å². The number of imidazole rings is 1. The zero-order chi connectivity index (χ0) is 37.5. The summed E-state index contributed by atoms with van der Waals surface area (Å²) in [5.74, 6) is -1.62. The lowest BCUT2D eigenvalue weighted by Crippen LogP contribution is -2.58. The monoisotopic (exact) mass is 752 g/mol. The highest BCUT2D eigenvalue weighted by molar-refractivity contribution is 7.91. The Hall–Kier alpha value is -4.91. The van der Waals surface area contributed by atoms with Crippen LogP contribution in [0.25, 0.3) is 22.2 Å². The van der Waals surface area contributed by atoms with Gasteiger partial charge in [-0.15, -0.1) is 0 Å². The van der Waals surface area contributed by atoms with E-state index in [4.69, 9.17) is 4.74 Å². The average molecular weight is 753 g/mol. The number of ether oxygens (including phenoxy) is 1. The summed E-state index contributed by atoms with van der Waals surface area (Å²) in [5, 5.41) is 6.49. The lowest BCUT2D eigenvalue weighted by atomic mass is 10.0. The van der Waals surface area contributed by atoms with Gasteiger partial charge in [-0.1, -0.05) is 86.7 Å². The Morgan fingerprint density at radius 1 is 0.889 bits per heavy atom. The molecule has 4 fully saturated rings. The van der Waals surface area contributed by atoms with Crippen molar-refractivity contribution in [1.82, 2.24) is 24.9 Å².